The van der Waals surface area contributed by atoms with E-state index in [0.29, 0.717) is 19.4 Å². The van der Waals surface area contributed by atoms with Crippen LogP contribution in [-0.4, -0.2) is 35.8 Å². The van der Waals surface area contributed by atoms with E-state index >= 15 is 0 Å². The first-order valence-corrected chi connectivity index (χ1v) is 10.7. The van der Waals surface area contributed by atoms with Crippen molar-refractivity contribution in [2.45, 2.75) is 45.8 Å². The zero-order valence-corrected chi connectivity index (χ0v) is 17.7. The molecule has 1 aromatic rings. The van der Waals surface area contributed by atoms with E-state index in [1.54, 1.807) is 0 Å². The molecule has 4 nitrogen and oxygen atoms in total. The van der Waals surface area contributed by atoms with Crippen LogP contribution < -0.4 is 10.1 Å². The van der Waals surface area contributed by atoms with Crippen LogP contribution in [-0.2, 0) is 16.0 Å². The maximum Gasteiger partial charge on any atom is 0.239 e. The summed E-state index contributed by atoms with van der Waals surface area (Å²) in [7, 11) is 0. The Kier molecular flexibility index (Phi) is 19.3. The molecule has 0 fully saturated rings. The highest BCUT2D eigenvalue weighted by atomic mass is 79.9. The monoisotopic (exact) mass is 419 g/mol. The predicted molar refractivity (Wildman–Crippen MR) is 108 cm³/mol. The lowest BCUT2D eigenvalue weighted by atomic mass is 10.1. The zero-order valence-electron chi connectivity index (χ0n) is 15.3. The summed E-state index contributed by atoms with van der Waals surface area (Å²) >= 11 is 4.78. The van der Waals surface area contributed by atoms with Gasteiger partial charge >= 0.3 is 0 Å². The molecule has 0 saturated carbocycles. The number of hydrogen-bond acceptors (Lipinski definition) is 4. The van der Waals surface area contributed by atoms with Crippen LogP contribution in [0.15, 0.2) is 24.3 Å². The van der Waals surface area contributed by atoms with Gasteiger partial charge in [0.05, 0.1) is 11.9 Å². The first-order chi connectivity index (χ1) is 11.7. The molecule has 1 rings (SSSR count). The second-order valence-electron chi connectivity index (χ2n) is 4.09. The first-order valence-electron chi connectivity index (χ1n) is 8.25. The molecule has 2 amide bonds. The molecule has 24 heavy (non-hydrogen) atoms. The number of imide groups is 1. The summed E-state index contributed by atoms with van der Waals surface area (Å²) in [5.74, 6) is 0.567. The lowest BCUT2D eigenvalue weighted by Gasteiger charge is -2.12. The van der Waals surface area contributed by atoms with Crippen molar-refractivity contribution in [2.75, 3.05) is 18.2 Å². The fourth-order valence-electron chi connectivity index (χ4n) is 1.61. The van der Waals surface area contributed by atoms with Crippen molar-refractivity contribution in [1.82, 2.24) is 5.32 Å². The lowest BCUT2D eigenvalue weighted by molar-refractivity contribution is -0.124. The van der Waals surface area contributed by atoms with Gasteiger partial charge in [-0.1, -0.05) is 55.8 Å². The Bertz CT molecular complexity index is 427. The average molecular weight is 420 g/mol. The third-order valence-corrected chi connectivity index (χ3v) is 4.18. The van der Waals surface area contributed by atoms with Gasteiger partial charge in [0.15, 0.2) is 0 Å². The molecule has 0 bridgehead atoms. The molecular weight excluding hydrogens is 390 g/mol. The number of halogens is 1. The van der Waals surface area contributed by atoms with Gasteiger partial charge in [-0.15, -0.1) is 0 Å². The Morgan fingerprint density at radius 2 is 1.83 bits per heavy atom. The Morgan fingerprint density at radius 1 is 1.25 bits per heavy atom. The molecule has 6 heteroatoms. The number of nitrogens with one attached hydrogen (secondary N) is 1. The van der Waals surface area contributed by atoms with Gasteiger partial charge in [0, 0.05) is 5.33 Å². The summed E-state index contributed by atoms with van der Waals surface area (Å²) in [6.45, 7) is 8.68. The minimum atomic E-state index is -0.264. The van der Waals surface area contributed by atoms with Gasteiger partial charge in [-0.05, 0) is 36.8 Å². The number of benzene rings is 1. The maximum absolute atomic E-state index is 11.6. The third-order valence-electron chi connectivity index (χ3n) is 2.67. The van der Waals surface area contributed by atoms with E-state index in [1.807, 2.05) is 58.2 Å². The van der Waals surface area contributed by atoms with Crippen LogP contribution in [0.25, 0.3) is 0 Å². The van der Waals surface area contributed by atoms with Gasteiger partial charge in [-0.3, -0.25) is 14.9 Å². The fraction of sp³-hybridized carbons (Fsp3) is 0.556. The second-order valence-corrected chi connectivity index (χ2v) is 5.92. The molecule has 0 aromatic heterocycles. The zero-order chi connectivity index (χ0) is 18.8. The minimum Gasteiger partial charge on any atom is -0.494 e. The van der Waals surface area contributed by atoms with Crippen LogP contribution in [0.3, 0.4) is 0 Å². The first kappa shape index (κ1) is 25.2. The third kappa shape index (κ3) is 11.5. The van der Waals surface area contributed by atoms with Crippen molar-refractivity contribution < 1.29 is 14.3 Å². The highest BCUT2D eigenvalue weighted by Crippen LogP contribution is 2.18. The summed E-state index contributed by atoms with van der Waals surface area (Å²) in [4.78, 5) is 21.9. The fourth-order valence-corrected chi connectivity index (χ4v) is 2.48. The van der Waals surface area contributed by atoms with E-state index in [2.05, 4.69) is 21.2 Å². The number of rotatable bonds is 9. The standard InChI is InChI=1S/C14H18BrNO3S.2C2H6/c1-20-13(14(18)16-10-17)9-11-3-5-12(6-4-11)19-8-2-7-15;2*1-2/h3-6,10,13H,2,7-9H2,1H3,(H,16,17,18);2*1-2H3. The van der Waals surface area contributed by atoms with Gasteiger partial charge < -0.3 is 4.74 Å². The van der Waals surface area contributed by atoms with Crippen LogP contribution in [0.5, 0.6) is 5.75 Å². The molecule has 1 N–H and O–H groups in total. The van der Waals surface area contributed by atoms with Crippen molar-refractivity contribution >= 4 is 40.0 Å². The van der Waals surface area contributed by atoms with Crippen molar-refractivity contribution in [3.8, 4) is 5.75 Å². The van der Waals surface area contributed by atoms with Crippen LogP contribution in [0.4, 0.5) is 0 Å². The lowest BCUT2D eigenvalue weighted by Crippen LogP contribution is -2.32. The molecule has 0 heterocycles. The van der Waals surface area contributed by atoms with Crippen LogP contribution in [0.1, 0.15) is 39.7 Å². The van der Waals surface area contributed by atoms with E-state index < -0.39 is 0 Å². The number of carbonyl (C=O) groups is 2. The number of hydrogen-bond donors (Lipinski definition) is 1. The van der Waals surface area contributed by atoms with Gasteiger partial charge in [0.1, 0.15) is 5.75 Å². The SMILES string of the molecule is CC.CC.CSC(Cc1ccc(OCCCBr)cc1)C(=O)NC=O. The van der Waals surface area contributed by atoms with Gasteiger partial charge in [0.25, 0.3) is 0 Å². The Morgan fingerprint density at radius 3 is 2.29 bits per heavy atom. The Labute approximate surface area is 159 Å². The molecule has 1 aromatic carbocycles. The van der Waals surface area contributed by atoms with Crippen LogP contribution in [0, 0.1) is 0 Å². The van der Waals surface area contributed by atoms with E-state index in [9.17, 15) is 9.59 Å². The molecule has 0 spiro atoms. The highest BCUT2D eigenvalue weighted by molar-refractivity contribution is 9.09. The maximum atomic E-state index is 11.6. The predicted octanol–water partition coefficient (Wildman–Crippen LogP) is 4.45. The molecule has 1 atom stereocenters. The molecule has 0 aliphatic carbocycles. The van der Waals surface area contributed by atoms with E-state index in [0.717, 1.165) is 23.1 Å². The Balaban J connectivity index is 0. The second kappa shape index (κ2) is 18.3. The molecular formula is C18H30BrNO3S. The van der Waals surface area contributed by atoms with E-state index in [-0.39, 0.29) is 11.2 Å². The topological polar surface area (TPSA) is 55.4 Å². The summed E-state index contributed by atoms with van der Waals surface area (Å²) in [6.07, 6.45) is 3.82. The quantitative estimate of drug-likeness (QED) is 0.364. The molecule has 0 aliphatic heterocycles. The van der Waals surface area contributed by atoms with Gasteiger partial charge in [-0.2, -0.15) is 11.8 Å². The van der Waals surface area contributed by atoms with Crippen LogP contribution >= 0.6 is 27.7 Å². The number of alkyl halides is 1. The summed E-state index contributed by atoms with van der Waals surface area (Å²) in [5.41, 5.74) is 1.04. The summed E-state index contributed by atoms with van der Waals surface area (Å²) in [5, 5.41) is 2.85. The molecule has 0 radical (unpaired) electrons. The van der Waals surface area contributed by atoms with Gasteiger partial charge in [0.2, 0.25) is 12.3 Å². The number of thioether (sulfide) groups is 1. The number of amides is 2. The van der Waals surface area contributed by atoms with Crippen molar-refractivity contribution in [1.29, 1.82) is 0 Å². The van der Waals surface area contributed by atoms with Crippen LogP contribution in [0.2, 0.25) is 0 Å². The highest BCUT2D eigenvalue weighted by Gasteiger charge is 2.17. The smallest absolute Gasteiger partial charge is 0.239 e. The summed E-state index contributed by atoms with van der Waals surface area (Å²) < 4.78 is 5.56. The normalized spacial score (nSPS) is 10.2. The molecule has 1 unspecified atom stereocenters. The number of carbonyl (C=O) groups excluding carboxylic acids is 2. The number of ether oxygens (including phenoxy) is 1. The largest absolute Gasteiger partial charge is 0.494 e. The summed E-state index contributed by atoms with van der Waals surface area (Å²) in [6, 6.07) is 7.69. The van der Waals surface area contributed by atoms with E-state index in [4.69, 9.17) is 4.74 Å². The molecule has 0 aliphatic rings. The van der Waals surface area contributed by atoms with Crippen molar-refractivity contribution in [3.63, 3.8) is 0 Å². The van der Waals surface area contributed by atoms with Crippen molar-refractivity contribution in [2.24, 2.45) is 0 Å². The minimum absolute atomic E-state index is 0.259. The average Bonchev–Trinajstić information content (AvgIpc) is 2.64. The molecule has 138 valence electrons. The van der Waals surface area contributed by atoms with Gasteiger partial charge in [-0.25, -0.2) is 0 Å². The Hall–Kier alpha value is -1.01. The van der Waals surface area contributed by atoms with Crippen molar-refractivity contribution in [3.05, 3.63) is 29.8 Å². The van der Waals surface area contributed by atoms with E-state index in [1.165, 1.54) is 11.8 Å². The molecule has 0 saturated heterocycles.